The van der Waals surface area contributed by atoms with Crippen LogP contribution in [0.1, 0.15) is 129 Å². The number of hydrogen-bond donors (Lipinski definition) is 0. The minimum absolute atomic E-state index is 0.506. The number of nitrogens with zero attached hydrogens (tertiary/aromatic N) is 2. The molecule has 1 aliphatic rings. The van der Waals surface area contributed by atoms with Crippen molar-refractivity contribution in [3.05, 3.63) is 48.3 Å². The van der Waals surface area contributed by atoms with Gasteiger partial charge in [0.2, 0.25) is 0 Å². The molecule has 0 amide bonds. The molecule has 188 valence electrons. The summed E-state index contributed by atoms with van der Waals surface area (Å²) in [6, 6.07) is 11.1. The Kier molecular flexibility index (Phi) is 15.9. The van der Waals surface area contributed by atoms with Gasteiger partial charge in [-0.15, -0.1) is 0 Å². The first-order chi connectivity index (χ1) is 16.3. The molecule has 33 heavy (non-hydrogen) atoms. The van der Waals surface area contributed by atoms with E-state index in [-0.39, 0.29) is 0 Å². The first kappa shape index (κ1) is 27.8. The molecule has 0 aromatic heterocycles. The summed E-state index contributed by atoms with van der Waals surface area (Å²) < 4.78 is 0. The third-order valence-corrected chi connectivity index (χ3v) is 7.27. The van der Waals surface area contributed by atoms with Crippen LogP contribution in [0.3, 0.4) is 0 Å². The lowest BCUT2D eigenvalue weighted by molar-refractivity contribution is 0.148. The average molecular weight is 455 g/mol. The van der Waals surface area contributed by atoms with Gasteiger partial charge in [0.1, 0.15) is 6.17 Å². The van der Waals surface area contributed by atoms with Crippen LogP contribution in [-0.4, -0.2) is 29.1 Å². The summed E-state index contributed by atoms with van der Waals surface area (Å²) in [6.07, 6.45) is 30.2. The monoisotopic (exact) mass is 454 g/mol. The first-order valence-corrected chi connectivity index (χ1v) is 14.6. The molecule has 1 unspecified atom stereocenters. The lowest BCUT2D eigenvalue weighted by Crippen LogP contribution is -2.41. The van der Waals surface area contributed by atoms with E-state index in [1.54, 1.807) is 0 Å². The second-order valence-corrected chi connectivity index (χ2v) is 10.2. The number of unbranched alkanes of at least 4 members (excludes halogenated alkanes) is 15. The van der Waals surface area contributed by atoms with Gasteiger partial charge in [0.05, 0.1) is 0 Å². The van der Waals surface area contributed by atoms with E-state index in [0.29, 0.717) is 6.17 Å². The van der Waals surface area contributed by atoms with Crippen molar-refractivity contribution in [3.8, 4) is 0 Å². The smallest absolute Gasteiger partial charge is 0.105 e. The summed E-state index contributed by atoms with van der Waals surface area (Å²) in [7, 11) is 0. The summed E-state index contributed by atoms with van der Waals surface area (Å²) in [4.78, 5) is 5.23. The van der Waals surface area contributed by atoms with Gasteiger partial charge < -0.3 is 9.80 Å². The summed E-state index contributed by atoms with van der Waals surface area (Å²) in [5.74, 6) is 0. The zero-order chi connectivity index (χ0) is 23.4. The molecule has 0 aliphatic carbocycles. The predicted octanol–water partition coefficient (Wildman–Crippen LogP) is 9.32. The first-order valence-electron chi connectivity index (χ1n) is 14.6. The molecule has 0 radical (unpaired) electrons. The highest BCUT2D eigenvalue weighted by molar-refractivity contribution is 5.17. The molecule has 0 fully saturated rings. The fourth-order valence-electron chi connectivity index (χ4n) is 5.10. The molecule has 0 N–H and O–H groups in total. The maximum absolute atomic E-state index is 2.62. The van der Waals surface area contributed by atoms with Gasteiger partial charge in [-0.05, 0) is 18.4 Å². The topological polar surface area (TPSA) is 6.48 Å². The van der Waals surface area contributed by atoms with E-state index in [1.165, 1.54) is 128 Å². The Morgan fingerprint density at radius 1 is 0.515 bits per heavy atom. The Morgan fingerprint density at radius 3 is 1.33 bits per heavy atom. The summed E-state index contributed by atoms with van der Waals surface area (Å²) in [6.45, 7) is 7.01. The Labute approximate surface area is 206 Å². The molecule has 0 saturated carbocycles. The molecular weight excluding hydrogens is 400 g/mol. The second kappa shape index (κ2) is 18.9. The van der Waals surface area contributed by atoms with Crippen molar-refractivity contribution in [2.24, 2.45) is 0 Å². The minimum Gasteiger partial charge on any atom is -0.356 e. The summed E-state index contributed by atoms with van der Waals surface area (Å²) in [5.41, 5.74) is 1.46. The van der Waals surface area contributed by atoms with Gasteiger partial charge in [0.25, 0.3) is 0 Å². The van der Waals surface area contributed by atoms with Crippen LogP contribution in [0.25, 0.3) is 0 Å². The molecule has 0 saturated heterocycles. The normalized spacial score (nSPS) is 15.6. The van der Waals surface area contributed by atoms with Crippen LogP contribution in [0.5, 0.6) is 0 Å². The van der Waals surface area contributed by atoms with Gasteiger partial charge in [-0.3, -0.25) is 0 Å². The van der Waals surface area contributed by atoms with Crippen LogP contribution in [0, 0.1) is 0 Å². The minimum atomic E-state index is 0.506. The van der Waals surface area contributed by atoms with E-state index in [4.69, 9.17) is 0 Å². The third-order valence-electron chi connectivity index (χ3n) is 7.27. The third kappa shape index (κ3) is 12.6. The van der Waals surface area contributed by atoms with E-state index in [9.17, 15) is 0 Å². The molecule has 1 atom stereocenters. The molecule has 2 heteroatoms. The Bertz CT molecular complexity index is 582. The van der Waals surface area contributed by atoms with Crippen molar-refractivity contribution in [1.82, 2.24) is 9.80 Å². The average Bonchev–Trinajstić information content (AvgIpc) is 3.21. The number of benzene rings is 1. The SMILES string of the molecule is CCCCCCCCCCCCCCN1C=CN(CCCCCCC)C1Cc1ccccc1. The van der Waals surface area contributed by atoms with E-state index in [1.807, 2.05) is 0 Å². The Morgan fingerprint density at radius 2 is 0.909 bits per heavy atom. The van der Waals surface area contributed by atoms with Crippen LogP contribution >= 0.6 is 0 Å². The van der Waals surface area contributed by atoms with Crippen LogP contribution in [0.4, 0.5) is 0 Å². The summed E-state index contributed by atoms with van der Waals surface area (Å²) in [5, 5.41) is 0. The molecule has 0 spiro atoms. The molecule has 1 aliphatic heterocycles. The van der Waals surface area contributed by atoms with Crippen LogP contribution in [-0.2, 0) is 6.42 Å². The fraction of sp³-hybridized carbons (Fsp3) is 0.742. The molecular formula is C31H54N2. The Hall–Kier alpha value is -1.44. The van der Waals surface area contributed by atoms with E-state index >= 15 is 0 Å². The Balaban J connectivity index is 1.62. The second-order valence-electron chi connectivity index (χ2n) is 10.2. The molecule has 2 nitrogen and oxygen atoms in total. The van der Waals surface area contributed by atoms with E-state index in [2.05, 4.69) is 66.4 Å². The molecule has 1 aromatic carbocycles. The standard InChI is InChI=1S/C31H54N2/c1-3-5-7-9-10-11-12-13-14-15-17-22-26-33-28-27-32(25-21-16-8-6-4-2)31(33)29-30-23-19-18-20-24-30/h18-20,23-24,27-28,31H,3-17,21-22,25-26,29H2,1-2H3. The van der Waals surface area contributed by atoms with Crippen molar-refractivity contribution in [2.45, 2.75) is 136 Å². The molecule has 0 bridgehead atoms. The maximum atomic E-state index is 2.62. The maximum Gasteiger partial charge on any atom is 0.105 e. The summed E-state index contributed by atoms with van der Waals surface area (Å²) >= 11 is 0. The number of rotatable bonds is 21. The highest BCUT2D eigenvalue weighted by Crippen LogP contribution is 2.22. The van der Waals surface area contributed by atoms with Crippen molar-refractivity contribution in [3.63, 3.8) is 0 Å². The highest BCUT2D eigenvalue weighted by Gasteiger charge is 2.25. The van der Waals surface area contributed by atoms with E-state index in [0.717, 1.165) is 6.42 Å². The molecule has 2 rings (SSSR count). The van der Waals surface area contributed by atoms with E-state index < -0.39 is 0 Å². The quantitative estimate of drug-likeness (QED) is 0.171. The number of hydrogen-bond acceptors (Lipinski definition) is 2. The lowest BCUT2D eigenvalue weighted by atomic mass is 10.0. The van der Waals surface area contributed by atoms with Crippen LogP contribution in [0.2, 0.25) is 0 Å². The van der Waals surface area contributed by atoms with Crippen molar-refractivity contribution >= 4 is 0 Å². The highest BCUT2D eigenvalue weighted by atomic mass is 15.4. The van der Waals surface area contributed by atoms with Gasteiger partial charge >= 0.3 is 0 Å². The zero-order valence-corrected chi connectivity index (χ0v) is 22.2. The predicted molar refractivity (Wildman–Crippen MR) is 146 cm³/mol. The van der Waals surface area contributed by atoms with Gasteiger partial charge in [0, 0.05) is 31.9 Å². The fourth-order valence-corrected chi connectivity index (χ4v) is 5.10. The van der Waals surface area contributed by atoms with Crippen LogP contribution in [0.15, 0.2) is 42.7 Å². The van der Waals surface area contributed by atoms with Crippen molar-refractivity contribution in [2.75, 3.05) is 13.1 Å². The molecule has 1 aromatic rings. The lowest BCUT2D eigenvalue weighted by Gasteiger charge is -2.33. The van der Waals surface area contributed by atoms with Gasteiger partial charge in [-0.25, -0.2) is 0 Å². The van der Waals surface area contributed by atoms with Crippen molar-refractivity contribution in [1.29, 1.82) is 0 Å². The van der Waals surface area contributed by atoms with Gasteiger partial charge in [0.15, 0.2) is 0 Å². The largest absolute Gasteiger partial charge is 0.356 e. The molecule has 1 heterocycles. The van der Waals surface area contributed by atoms with Gasteiger partial charge in [-0.1, -0.05) is 140 Å². The zero-order valence-electron chi connectivity index (χ0n) is 22.2. The van der Waals surface area contributed by atoms with Crippen LogP contribution < -0.4 is 0 Å². The van der Waals surface area contributed by atoms with Crippen molar-refractivity contribution < 1.29 is 0 Å². The van der Waals surface area contributed by atoms with Gasteiger partial charge in [-0.2, -0.15) is 0 Å².